The fourth-order valence-electron chi connectivity index (χ4n) is 0.880. The molecule has 0 aliphatic rings. The van der Waals surface area contributed by atoms with E-state index in [2.05, 4.69) is 5.32 Å². The van der Waals surface area contributed by atoms with Crippen molar-refractivity contribution in [3.63, 3.8) is 0 Å². The van der Waals surface area contributed by atoms with Gasteiger partial charge in [0, 0.05) is 3.57 Å². The highest BCUT2D eigenvalue weighted by Gasteiger charge is 2.05. The Balaban J connectivity index is 2.72. The molecule has 0 unspecified atom stereocenters. The van der Waals surface area contributed by atoms with Crippen molar-refractivity contribution >= 4 is 40.3 Å². The Morgan fingerprint density at radius 2 is 2.20 bits per heavy atom. The summed E-state index contributed by atoms with van der Waals surface area (Å²) >= 11 is 1.96. The summed E-state index contributed by atoms with van der Waals surface area (Å²) in [6.07, 6.45) is 0. The molecule has 0 fully saturated rings. The van der Waals surface area contributed by atoms with Gasteiger partial charge in [-0.1, -0.05) is 0 Å². The Labute approximate surface area is 98.9 Å². The maximum absolute atomic E-state index is 13.2. The summed E-state index contributed by atoms with van der Waals surface area (Å²) in [4.78, 5) is 10.4. The molecule has 1 aromatic carbocycles. The van der Waals surface area contributed by atoms with Crippen LogP contribution in [0.25, 0.3) is 0 Å². The van der Waals surface area contributed by atoms with Crippen molar-refractivity contribution in [2.75, 3.05) is 5.32 Å². The fraction of sp³-hybridized carbons (Fsp3) is 0. The molecule has 7 heteroatoms. The molecule has 0 saturated heterocycles. The average Bonchev–Trinajstić information content (AvgIpc) is 2.08. The Hall–Kier alpha value is -1.38. The number of anilines is 1. The number of carbonyl (C=O) groups excluding carboxylic acids is 1. The van der Waals surface area contributed by atoms with Gasteiger partial charge in [0.2, 0.25) is 5.96 Å². The first-order valence-corrected chi connectivity index (χ1v) is 4.94. The molecule has 0 bridgehead atoms. The number of carbonyl (C=O) groups is 1. The summed E-state index contributed by atoms with van der Waals surface area (Å²) in [5, 5.41) is 11.6. The first kappa shape index (κ1) is 11.7. The molecule has 80 valence electrons. The Bertz CT molecular complexity index is 410. The summed E-state index contributed by atoms with van der Waals surface area (Å²) in [5.74, 6) is -0.875. The van der Waals surface area contributed by atoms with Crippen LogP contribution in [-0.2, 0) is 0 Å². The van der Waals surface area contributed by atoms with Gasteiger partial charge in [-0.3, -0.25) is 10.7 Å². The van der Waals surface area contributed by atoms with Crippen molar-refractivity contribution in [3.05, 3.63) is 27.6 Å². The third-order valence-electron chi connectivity index (χ3n) is 1.44. The van der Waals surface area contributed by atoms with Gasteiger partial charge in [-0.2, -0.15) is 0 Å². The van der Waals surface area contributed by atoms with Gasteiger partial charge in [-0.05, 0) is 40.8 Å². The number of primary amides is 1. The minimum Gasteiger partial charge on any atom is -0.351 e. The third-order valence-corrected chi connectivity index (χ3v) is 2.11. The summed E-state index contributed by atoms with van der Waals surface area (Å²) in [5.41, 5.74) is 4.89. The Morgan fingerprint density at radius 1 is 1.53 bits per heavy atom. The topological polar surface area (TPSA) is 91.0 Å². The molecule has 0 aliphatic carbocycles. The van der Waals surface area contributed by atoms with Gasteiger partial charge < -0.3 is 11.1 Å². The number of halogens is 2. The largest absolute Gasteiger partial charge is 0.351 e. The van der Waals surface area contributed by atoms with E-state index in [1.165, 1.54) is 12.1 Å². The van der Waals surface area contributed by atoms with Gasteiger partial charge in [0.1, 0.15) is 5.82 Å². The van der Waals surface area contributed by atoms with Crippen molar-refractivity contribution in [3.8, 4) is 0 Å². The number of amides is 2. The standard InChI is InChI=1S/C8H8FIN4O/c9-5-3-4(10)1-2-6(5)13-7(11)14-8(12)15/h1-3H,(H5,11,12,13,14,15). The predicted molar refractivity (Wildman–Crippen MR) is 63.2 cm³/mol. The van der Waals surface area contributed by atoms with Crippen LogP contribution < -0.4 is 16.4 Å². The van der Waals surface area contributed by atoms with Crippen LogP contribution in [0.3, 0.4) is 0 Å². The molecule has 0 spiro atoms. The number of hydrogen-bond acceptors (Lipinski definition) is 2. The van der Waals surface area contributed by atoms with E-state index in [9.17, 15) is 9.18 Å². The van der Waals surface area contributed by atoms with Gasteiger partial charge in [0.25, 0.3) is 0 Å². The van der Waals surface area contributed by atoms with E-state index in [0.717, 1.165) is 3.57 Å². The van der Waals surface area contributed by atoms with Gasteiger partial charge in [0.05, 0.1) is 5.69 Å². The third kappa shape index (κ3) is 3.70. The number of rotatable bonds is 1. The number of hydrogen-bond donors (Lipinski definition) is 4. The zero-order chi connectivity index (χ0) is 11.4. The molecule has 0 saturated carbocycles. The molecule has 5 nitrogen and oxygen atoms in total. The van der Waals surface area contributed by atoms with Crippen LogP contribution in [-0.4, -0.2) is 12.0 Å². The predicted octanol–water partition coefficient (Wildman–Crippen LogP) is 1.45. The molecule has 0 atom stereocenters. The van der Waals surface area contributed by atoms with Crippen molar-refractivity contribution < 1.29 is 9.18 Å². The molecule has 0 aliphatic heterocycles. The van der Waals surface area contributed by atoms with E-state index in [4.69, 9.17) is 11.1 Å². The van der Waals surface area contributed by atoms with Crippen LogP contribution in [0.5, 0.6) is 0 Å². The molecular formula is C8H8FIN4O. The lowest BCUT2D eigenvalue weighted by atomic mass is 10.3. The maximum atomic E-state index is 13.2. The molecule has 0 aromatic heterocycles. The van der Waals surface area contributed by atoms with E-state index < -0.39 is 11.8 Å². The molecule has 2 amide bonds. The van der Waals surface area contributed by atoms with E-state index in [1.54, 1.807) is 6.07 Å². The van der Waals surface area contributed by atoms with Gasteiger partial charge >= 0.3 is 6.03 Å². The van der Waals surface area contributed by atoms with Crippen LogP contribution in [0, 0.1) is 14.8 Å². The summed E-state index contributed by atoms with van der Waals surface area (Å²) in [7, 11) is 0. The second-order valence-electron chi connectivity index (χ2n) is 2.61. The monoisotopic (exact) mass is 322 g/mol. The van der Waals surface area contributed by atoms with E-state index in [-0.39, 0.29) is 11.6 Å². The fourth-order valence-corrected chi connectivity index (χ4v) is 1.33. The summed E-state index contributed by atoms with van der Waals surface area (Å²) in [6, 6.07) is 3.57. The Kier molecular flexibility index (Phi) is 3.83. The smallest absolute Gasteiger partial charge is 0.318 e. The molecule has 15 heavy (non-hydrogen) atoms. The number of guanidine groups is 1. The number of nitrogens with two attached hydrogens (primary N) is 1. The van der Waals surface area contributed by atoms with Crippen molar-refractivity contribution in [2.24, 2.45) is 5.73 Å². The number of urea groups is 1. The van der Waals surface area contributed by atoms with Crippen molar-refractivity contribution in [2.45, 2.75) is 0 Å². The number of benzene rings is 1. The van der Waals surface area contributed by atoms with Crippen LogP contribution in [0.4, 0.5) is 14.9 Å². The summed E-state index contributed by atoms with van der Waals surface area (Å²) in [6.45, 7) is 0. The van der Waals surface area contributed by atoms with Crippen molar-refractivity contribution in [1.82, 2.24) is 5.32 Å². The number of nitrogens with one attached hydrogen (secondary N) is 3. The van der Waals surface area contributed by atoms with E-state index >= 15 is 0 Å². The van der Waals surface area contributed by atoms with Gasteiger partial charge in [-0.25, -0.2) is 9.18 Å². The Morgan fingerprint density at radius 3 is 2.73 bits per heavy atom. The lowest BCUT2D eigenvalue weighted by Crippen LogP contribution is -2.38. The zero-order valence-electron chi connectivity index (χ0n) is 7.47. The summed E-state index contributed by atoms with van der Waals surface area (Å²) < 4.78 is 14.0. The van der Waals surface area contributed by atoms with E-state index in [1.807, 2.05) is 27.9 Å². The van der Waals surface area contributed by atoms with Crippen LogP contribution >= 0.6 is 22.6 Å². The molecule has 5 N–H and O–H groups in total. The first-order valence-electron chi connectivity index (χ1n) is 3.86. The van der Waals surface area contributed by atoms with Crippen LogP contribution in [0.2, 0.25) is 0 Å². The molecule has 0 heterocycles. The van der Waals surface area contributed by atoms with E-state index in [0.29, 0.717) is 0 Å². The average molecular weight is 322 g/mol. The normalized spacial score (nSPS) is 9.47. The first-order chi connectivity index (χ1) is 6.99. The van der Waals surface area contributed by atoms with Crippen LogP contribution in [0.15, 0.2) is 18.2 Å². The molecule has 0 radical (unpaired) electrons. The van der Waals surface area contributed by atoms with Gasteiger partial charge in [-0.15, -0.1) is 0 Å². The minimum absolute atomic E-state index is 0.106. The minimum atomic E-state index is -0.876. The lowest BCUT2D eigenvalue weighted by molar-refractivity contribution is 0.253. The molecular weight excluding hydrogens is 314 g/mol. The SMILES string of the molecule is N=C(NC(N)=O)Nc1ccc(I)cc1F. The molecule has 1 aromatic rings. The highest BCUT2D eigenvalue weighted by Crippen LogP contribution is 2.16. The second kappa shape index (κ2) is 4.91. The lowest BCUT2D eigenvalue weighted by Gasteiger charge is -2.08. The highest BCUT2D eigenvalue weighted by molar-refractivity contribution is 14.1. The maximum Gasteiger partial charge on any atom is 0.318 e. The zero-order valence-corrected chi connectivity index (χ0v) is 9.63. The van der Waals surface area contributed by atoms with Crippen molar-refractivity contribution in [1.29, 1.82) is 5.41 Å². The van der Waals surface area contributed by atoms with Crippen LogP contribution in [0.1, 0.15) is 0 Å². The van der Waals surface area contributed by atoms with Gasteiger partial charge in [0.15, 0.2) is 0 Å². The quantitative estimate of drug-likeness (QED) is 0.358. The molecule has 1 rings (SSSR count). The second-order valence-corrected chi connectivity index (χ2v) is 3.86. The highest BCUT2D eigenvalue weighted by atomic mass is 127.